The van der Waals surface area contributed by atoms with Gasteiger partial charge in [-0.1, -0.05) is 109 Å². The molecule has 0 N–H and O–H groups in total. The third-order valence-corrected chi connectivity index (χ3v) is 11.5. The first-order valence-electron chi connectivity index (χ1n) is 14.2. The van der Waals surface area contributed by atoms with Crippen molar-refractivity contribution in [2.24, 2.45) is 0 Å². The lowest BCUT2D eigenvalue weighted by molar-refractivity contribution is 1.27. The van der Waals surface area contributed by atoms with Gasteiger partial charge >= 0.3 is 0 Å². The summed E-state index contributed by atoms with van der Waals surface area (Å²) < 4.78 is 0. The maximum Gasteiger partial charge on any atom is -0.00132 e. The van der Waals surface area contributed by atoms with Crippen molar-refractivity contribution < 1.29 is 0 Å². The molecule has 0 heterocycles. The molecule has 3 aliphatic rings. The van der Waals surface area contributed by atoms with Gasteiger partial charge in [0.05, 0.1) is 0 Å². The number of rotatable bonds is 3. The molecule has 0 unspecified atom stereocenters. The second kappa shape index (κ2) is 8.62. The summed E-state index contributed by atoms with van der Waals surface area (Å²) in [5.41, 5.74) is 17.2. The van der Waals surface area contributed by atoms with E-state index in [9.17, 15) is 0 Å². The molecule has 0 atom stereocenters. The fraction of sp³-hybridized carbons (Fsp3) is 0.0769. The van der Waals surface area contributed by atoms with Crippen molar-refractivity contribution in [3.05, 3.63) is 161 Å². The molecule has 1 heteroatoms. The topological polar surface area (TPSA) is 0 Å². The predicted octanol–water partition coefficient (Wildman–Crippen LogP) is 8.16. The first-order chi connectivity index (χ1) is 19.8. The summed E-state index contributed by atoms with van der Waals surface area (Å²) in [6.07, 6.45) is 3.09. The first-order valence-corrected chi connectivity index (χ1v) is 15.6. The zero-order valence-electron chi connectivity index (χ0n) is 22.2. The number of fused-ring (bicyclic) bond motifs is 9. The van der Waals surface area contributed by atoms with Crippen LogP contribution in [0.15, 0.2) is 127 Å². The number of benzene rings is 6. The Morgan fingerprint density at radius 2 is 0.600 bits per heavy atom. The highest BCUT2D eigenvalue weighted by Crippen LogP contribution is 2.44. The van der Waals surface area contributed by atoms with Crippen LogP contribution in [0.3, 0.4) is 0 Å². The lowest BCUT2D eigenvalue weighted by atomic mass is 10.1. The Hall–Kier alpha value is -4.25. The van der Waals surface area contributed by atoms with Gasteiger partial charge < -0.3 is 0 Å². The van der Waals surface area contributed by atoms with Gasteiger partial charge in [-0.2, -0.15) is 0 Å². The predicted molar refractivity (Wildman–Crippen MR) is 170 cm³/mol. The fourth-order valence-corrected chi connectivity index (χ4v) is 9.68. The van der Waals surface area contributed by atoms with E-state index in [4.69, 9.17) is 0 Å². The monoisotopic (exact) mass is 526 g/mol. The van der Waals surface area contributed by atoms with Crippen molar-refractivity contribution in [3.8, 4) is 33.4 Å². The van der Waals surface area contributed by atoms with Gasteiger partial charge in [0, 0.05) is 0 Å². The molecule has 6 aromatic carbocycles. The van der Waals surface area contributed by atoms with Gasteiger partial charge in [0.1, 0.15) is 0 Å². The second-order valence-electron chi connectivity index (χ2n) is 11.4. The van der Waals surface area contributed by atoms with Crippen molar-refractivity contribution >= 4 is 23.8 Å². The highest BCUT2D eigenvalue weighted by atomic mass is 31.1. The normalized spacial score (nSPS) is 13.4. The van der Waals surface area contributed by atoms with Gasteiger partial charge in [-0.25, -0.2) is 0 Å². The summed E-state index contributed by atoms with van der Waals surface area (Å²) in [6, 6.07) is 48.7. The van der Waals surface area contributed by atoms with Crippen LogP contribution in [0.4, 0.5) is 0 Å². The van der Waals surface area contributed by atoms with Gasteiger partial charge in [0.15, 0.2) is 0 Å². The highest BCUT2D eigenvalue weighted by molar-refractivity contribution is 7.79. The van der Waals surface area contributed by atoms with Gasteiger partial charge in [-0.05, 0) is 128 Å². The molecular formula is C39H27P. The van der Waals surface area contributed by atoms with Crippen molar-refractivity contribution in [3.63, 3.8) is 0 Å². The third kappa shape index (κ3) is 3.36. The van der Waals surface area contributed by atoms with E-state index in [1.807, 2.05) is 0 Å². The van der Waals surface area contributed by atoms with Gasteiger partial charge in [0.25, 0.3) is 0 Å². The molecule has 0 saturated heterocycles. The van der Waals surface area contributed by atoms with Crippen LogP contribution in [0, 0.1) is 0 Å². The van der Waals surface area contributed by atoms with E-state index in [2.05, 4.69) is 127 Å². The van der Waals surface area contributed by atoms with Crippen LogP contribution in [0.25, 0.3) is 33.4 Å². The smallest absolute Gasteiger partial charge is 0.00132 e. The van der Waals surface area contributed by atoms with Crippen LogP contribution in [0.2, 0.25) is 0 Å². The van der Waals surface area contributed by atoms with E-state index in [-0.39, 0.29) is 0 Å². The molecule has 188 valence electrons. The molecule has 0 amide bonds. The Kier molecular flexibility index (Phi) is 4.86. The molecule has 6 aromatic rings. The highest BCUT2D eigenvalue weighted by Gasteiger charge is 2.26. The maximum absolute atomic E-state index is 2.52. The second-order valence-corrected chi connectivity index (χ2v) is 13.6. The SMILES string of the molecule is c1ccc2c(c1)Cc1cc(P(c3ccc4c(c3)Cc3ccccc3-4)c3ccc4c(c3)Cc3ccccc3-4)ccc1-2. The minimum Gasteiger partial charge on any atom is -0.0619 e. The van der Waals surface area contributed by atoms with Crippen LogP contribution in [-0.2, 0) is 19.3 Å². The van der Waals surface area contributed by atoms with Crippen LogP contribution < -0.4 is 15.9 Å². The summed E-state index contributed by atoms with van der Waals surface area (Å²) in [5.74, 6) is 0. The molecule has 9 rings (SSSR count). The molecule has 40 heavy (non-hydrogen) atoms. The van der Waals surface area contributed by atoms with E-state index in [0.717, 1.165) is 19.3 Å². The van der Waals surface area contributed by atoms with E-state index in [0.29, 0.717) is 0 Å². The standard InChI is InChI=1S/C39H27P/c1-4-10-34-25(7-1)19-28-22-31(13-16-37(28)34)40(32-14-17-38-29(23-32)20-26-8-2-5-11-35(26)38)33-15-18-39-30(24-33)21-27-9-3-6-12-36(27)39/h1-18,22-24H,19-21H2. The molecular weight excluding hydrogens is 499 g/mol. The van der Waals surface area contributed by atoms with Gasteiger partial charge in [0.2, 0.25) is 0 Å². The van der Waals surface area contributed by atoms with Crippen LogP contribution >= 0.6 is 7.92 Å². The van der Waals surface area contributed by atoms with Crippen molar-refractivity contribution in [1.82, 2.24) is 0 Å². The molecule has 0 aliphatic heterocycles. The first kappa shape index (κ1) is 22.6. The quantitative estimate of drug-likeness (QED) is 0.204. The average Bonchev–Trinajstić information content (AvgIpc) is 3.67. The molecule has 0 saturated carbocycles. The zero-order valence-corrected chi connectivity index (χ0v) is 23.1. The molecule has 0 spiro atoms. The molecule has 0 aromatic heterocycles. The molecule has 3 aliphatic carbocycles. The summed E-state index contributed by atoms with van der Waals surface area (Å²) in [5, 5.41) is 4.35. The summed E-state index contributed by atoms with van der Waals surface area (Å²) in [4.78, 5) is 0. The fourth-order valence-electron chi connectivity index (χ4n) is 7.26. The van der Waals surface area contributed by atoms with E-state index >= 15 is 0 Å². The molecule has 0 radical (unpaired) electrons. The largest absolute Gasteiger partial charge is 0.0619 e. The van der Waals surface area contributed by atoms with E-state index in [1.54, 1.807) is 0 Å². The minimum atomic E-state index is -0.694. The lowest BCUT2D eigenvalue weighted by Gasteiger charge is -2.22. The minimum absolute atomic E-state index is 0.694. The molecule has 0 nitrogen and oxygen atoms in total. The van der Waals surface area contributed by atoms with E-state index < -0.39 is 7.92 Å². The lowest BCUT2D eigenvalue weighted by Crippen LogP contribution is -2.22. The third-order valence-electron chi connectivity index (χ3n) is 9.11. The Labute approximate surface area is 236 Å². The van der Waals surface area contributed by atoms with Gasteiger partial charge in [-0.15, -0.1) is 0 Å². The summed E-state index contributed by atoms with van der Waals surface area (Å²) in [7, 11) is -0.694. The van der Waals surface area contributed by atoms with E-state index in [1.165, 1.54) is 82.7 Å². The zero-order chi connectivity index (χ0) is 26.2. The molecule has 0 fully saturated rings. The Morgan fingerprint density at radius 1 is 0.300 bits per heavy atom. The Bertz CT molecular complexity index is 1760. The van der Waals surface area contributed by atoms with Crippen LogP contribution in [0.5, 0.6) is 0 Å². The molecule has 0 bridgehead atoms. The van der Waals surface area contributed by atoms with Gasteiger partial charge in [-0.3, -0.25) is 0 Å². The Balaban J connectivity index is 1.19. The van der Waals surface area contributed by atoms with Crippen molar-refractivity contribution in [1.29, 1.82) is 0 Å². The van der Waals surface area contributed by atoms with Crippen LogP contribution in [-0.4, -0.2) is 0 Å². The van der Waals surface area contributed by atoms with Crippen LogP contribution in [0.1, 0.15) is 33.4 Å². The summed E-state index contributed by atoms with van der Waals surface area (Å²) >= 11 is 0. The summed E-state index contributed by atoms with van der Waals surface area (Å²) in [6.45, 7) is 0. The van der Waals surface area contributed by atoms with Crippen molar-refractivity contribution in [2.45, 2.75) is 19.3 Å². The van der Waals surface area contributed by atoms with Crippen molar-refractivity contribution in [2.75, 3.05) is 0 Å². The average molecular weight is 527 g/mol. The maximum atomic E-state index is 2.52. The Morgan fingerprint density at radius 3 is 0.950 bits per heavy atom. The number of hydrogen-bond donors (Lipinski definition) is 0. The number of hydrogen-bond acceptors (Lipinski definition) is 0.